The fraction of sp³-hybridized carbons (Fsp3) is 0.0526. The predicted octanol–water partition coefficient (Wildman–Crippen LogP) is 3.72. The molecule has 3 aromatic carbocycles. The lowest BCUT2D eigenvalue weighted by molar-refractivity contribution is -0.443. The van der Waals surface area contributed by atoms with Gasteiger partial charge in [-0.1, -0.05) is 41.6 Å². The van der Waals surface area contributed by atoms with Gasteiger partial charge in [-0.15, -0.1) is 0 Å². The second kappa shape index (κ2) is 5.57. The van der Waals surface area contributed by atoms with Crippen molar-refractivity contribution >= 4 is 10.8 Å². The first-order valence-electron chi connectivity index (χ1n) is 7.45. The molecule has 0 aliphatic carbocycles. The van der Waals surface area contributed by atoms with Gasteiger partial charge < -0.3 is 4.74 Å². The summed E-state index contributed by atoms with van der Waals surface area (Å²) in [4.78, 5) is 0. The van der Waals surface area contributed by atoms with Crippen molar-refractivity contribution in [2.75, 3.05) is 7.11 Å². The zero-order valence-electron chi connectivity index (χ0n) is 12.7. The first kappa shape index (κ1) is 13.5. The number of hydrogen-bond donors (Lipinski definition) is 1. The Hall–Kier alpha value is -3.14. The average Bonchev–Trinajstić information content (AvgIpc) is 3.11. The van der Waals surface area contributed by atoms with Gasteiger partial charge in [0, 0.05) is 16.2 Å². The number of benzene rings is 3. The Balaban J connectivity index is 1.88. The zero-order valence-corrected chi connectivity index (χ0v) is 12.7. The highest BCUT2D eigenvalue weighted by Gasteiger charge is 2.21. The fourth-order valence-electron chi connectivity index (χ4n) is 2.85. The van der Waals surface area contributed by atoms with E-state index in [1.54, 1.807) is 7.11 Å². The van der Waals surface area contributed by atoms with Gasteiger partial charge in [0.15, 0.2) is 0 Å². The molecule has 4 aromatic rings. The molecule has 2 N–H and O–H groups in total. The van der Waals surface area contributed by atoms with Gasteiger partial charge in [0.05, 0.1) is 7.11 Å². The second-order valence-electron chi connectivity index (χ2n) is 5.33. The van der Waals surface area contributed by atoms with Crippen LogP contribution in [-0.4, -0.2) is 17.4 Å². The minimum Gasteiger partial charge on any atom is -0.497 e. The van der Waals surface area contributed by atoms with Gasteiger partial charge in [-0.25, -0.2) is 0 Å². The van der Waals surface area contributed by atoms with Gasteiger partial charge in [0.1, 0.15) is 5.75 Å². The summed E-state index contributed by atoms with van der Waals surface area (Å²) in [5, 5.41) is 12.9. The van der Waals surface area contributed by atoms with Crippen molar-refractivity contribution in [2.45, 2.75) is 0 Å². The Kier molecular flexibility index (Phi) is 3.27. The lowest BCUT2D eigenvalue weighted by atomic mass is 9.99. The van der Waals surface area contributed by atoms with E-state index in [1.165, 1.54) is 10.8 Å². The molecular weight excluding hydrogens is 286 g/mol. The maximum Gasteiger partial charge on any atom is 0.257 e. The van der Waals surface area contributed by atoms with Crippen molar-refractivity contribution in [3.05, 3.63) is 66.7 Å². The Morgan fingerprint density at radius 1 is 0.913 bits per heavy atom. The summed E-state index contributed by atoms with van der Waals surface area (Å²) in [6.45, 7) is 0. The van der Waals surface area contributed by atoms with Crippen molar-refractivity contribution in [3.8, 4) is 28.3 Å². The van der Waals surface area contributed by atoms with E-state index in [2.05, 4.69) is 51.8 Å². The van der Waals surface area contributed by atoms with Crippen molar-refractivity contribution in [2.24, 2.45) is 0 Å². The van der Waals surface area contributed by atoms with Crippen molar-refractivity contribution < 1.29 is 9.84 Å². The number of nitrogens with one attached hydrogen (secondary N) is 2. The third-order valence-corrected chi connectivity index (χ3v) is 4.01. The Labute approximate surface area is 133 Å². The molecule has 1 aromatic heterocycles. The van der Waals surface area contributed by atoms with Crippen LogP contribution >= 0.6 is 0 Å². The SMILES string of the molecule is COc1ccc(-c2[nH+][nH]nc2-c2cccc3ccccc23)cc1. The van der Waals surface area contributed by atoms with E-state index in [0.717, 1.165) is 28.3 Å². The zero-order chi connectivity index (χ0) is 15.6. The molecule has 0 spiro atoms. The Morgan fingerprint density at radius 2 is 1.70 bits per heavy atom. The van der Waals surface area contributed by atoms with E-state index in [1.807, 2.05) is 30.3 Å². The highest BCUT2D eigenvalue weighted by atomic mass is 16.5. The molecule has 0 bridgehead atoms. The Morgan fingerprint density at radius 3 is 2.52 bits per heavy atom. The van der Waals surface area contributed by atoms with E-state index in [-0.39, 0.29) is 0 Å². The summed E-state index contributed by atoms with van der Waals surface area (Å²) in [7, 11) is 1.67. The van der Waals surface area contributed by atoms with Crippen LogP contribution in [0.2, 0.25) is 0 Å². The van der Waals surface area contributed by atoms with Gasteiger partial charge in [-0.3, -0.25) is 0 Å². The number of hydrogen-bond acceptors (Lipinski definition) is 2. The minimum absolute atomic E-state index is 0.837. The van der Waals surface area contributed by atoms with Gasteiger partial charge >= 0.3 is 0 Å². The lowest BCUT2D eigenvalue weighted by Crippen LogP contribution is -2.05. The number of methoxy groups -OCH3 is 1. The van der Waals surface area contributed by atoms with Crippen molar-refractivity contribution in [1.29, 1.82) is 0 Å². The summed E-state index contributed by atoms with van der Waals surface area (Å²) in [6.07, 6.45) is 0. The molecule has 0 atom stereocenters. The van der Waals surface area contributed by atoms with Crippen LogP contribution < -0.4 is 9.84 Å². The fourth-order valence-corrected chi connectivity index (χ4v) is 2.85. The van der Waals surface area contributed by atoms with Gasteiger partial charge in [-0.2, -0.15) is 5.10 Å². The molecule has 0 saturated heterocycles. The number of ether oxygens (including phenoxy) is 1. The molecule has 4 rings (SSSR count). The first-order chi connectivity index (χ1) is 11.4. The molecule has 1 heterocycles. The van der Waals surface area contributed by atoms with Crippen LogP contribution in [0.25, 0.3) is 33.3 Å². The van der Waals surface area contributed by atoms with E-state index < -0.39 is 0 Å². The van der Waals surface area contributed by atoms with Crippen molar-refractivity contribution in [3.63, 3.8) is 0 Å². The van der Waals surface area contributed by atoms with E-state index in [0.29, 0.717) is 0 Å². The Bertz CT molecular complexity index is 952. The van der Waals surface area contributed by atoms with E-state index in [9.17, 15) is 0 Å². The summed E-state index contributed by atoms with van der Waals surface area (Å²) < 4.78 is 5.23. The second-order valence-corrected chi connectivity index (χ2v) is 5.33. The number of aromatic amines is 2. The molecule has 0 fully saturated rings. The van der Waals surface area contributed by atoms with Crippen LogP contribution in [0.15, 0.2) is 66.7 Å². The van der Waals surface area contributed by atoms with Gasteiger partial charge in [-0.05, 0) is 41.1 Å². The highest BCUT2D eigenvalue weighted by molar-refractivity contribution is 5.98. The van der Waals surface area contributed by atoms with Crippen LogP contribution in [0.3, 0.4) is 0 Å². The molecule has 23 heavy (non-hydrogen) atoms. The third kappa shape index (κ3) is 2.34. The number of nitrogens with zero attached hydrogens (tertiary/aromatic N) is 1. The van der Waals surface area contributed by atoms with Gasteiger partial charge in [0.25, 0.3) is 5.69 Å². The topological polar surface area (TPSA) is 52.0 Å². The summed E-state index contributed by atoms with van der Waals surface area (Å²) in [5.74, 6) is 0.837. The van der Waals surface area contributed by atoms with Crippen LogP contribution in [0.4, 0.5) is 0 Å². The maximum atomic E-state index is 5.23. The molecule has 4 nitrogen and oxygen atoms in total. The molecule has 112 valence electrons. The standard InChI is InChI=1S/C19H15N3O/c1-23-15-11-9-14(10-12-15)18-19(21-22-20-18)17-8-4-6-13-5-2-3-7-16(13)17/h2-12H,1H3,(H,20,21,22)/p+1. The summed E-state index contributed by atoms with van der Waals surface area (Å²) in [5.41, 5.74) is 4.03. The molecule has 0 amide bonds. The van der Waals surface area contributed by atoms with Crippen LogP contribution in [0.5, 0.6) is 5.75 Å². The lowest BCUT2D eigenvalue weighted by Gasteiger charge is -2.03. The van der Waals surface area contributed by atoms with Crippen LogP contribution in [0.1, 0.15) is 0 Å². The summed E-state index contributed by atoms with van der Waals surface area (Å²) >= 11 is 0. The number of rotatable bonds is 3. The number of H-pyrrole nitrogens is 2. The largest absolute Gasteiger partial charge is 0.497 e. The first-order valence-corrected chi connectivity index (χ1v) is 7.45. The normalized spacial score (nSPS) is 10.8. The molecular formula is C19H16N3O+. The van der Waals surface area contributed by atoms with Gasteiger partial charge in [0.2, 0.25) is 5.69 Å². The highest BCUT2D eigenvalue weighted by Crippen LogP contribution is 2.32. The molecule has 0 radical (unpaired) electrons. The smallest absolute Gasteiger partial charge is 0.257 e. The average molecular weight is 302 g/mol. The quantitative estimate of drug-likeness (QED) is 0.627. The van der Waals surface area contributed by atoms with Crippen LogP contribution in [0, 0.1) is 0 Å². The summed E-state index contributed by atoms with van der Waals surface area (Å²) in [6, 6.07) is 22.5. The number of aromatic nitrogens is 3. The minimum atomic E-state index is 0.837. The third-order valence-electron chi connectivity index (χ3n) is 4.01. The molecule has 4 heteroatoms. The van der Waals surface area contributed by atoms with E-state index in [4.69, 9.17) is 4.74 Å². The molecule has 0 unspecified atom stereocenters. The molecule has 0 saturated carbocycles. The predicted molar refractivity (Wildman–Crippen MR) is 90.1 cm³/mol. The van der Waals surface area contributed by atoms with Crippen molar-refractivity contribution in [1.82, 2.24) is 10.3 Å². The van der Waals surface area contributed by atoms with E-state index >= 15 is 0 Å². The number of fused-ring (bicyclic) bond motifs is 1. The molecule has 0 aliphatic heterocycles. The monoisotopic (exact) mass is 302 g/mol. The van der Waals surface area contributed by atoms with Crippen LogP contribution in [-0.2, 0) is 0 Å². The maximum absolute atomic E-state index is 5.23. The molecule has 0 aliphatic rings.